The quantitative estimate of drug-likeness (QED) is 0.367. The molecular formula is C25H26FN5O3S. The molecule has 1 fully saturated rings. The Labute approximate surface area is 207 Å². The van der Waals surface area contributed by atoms with Crippen molar-refractivity contribution in [1.82, 2.24) is 19.7 Å². The van der Waals surface area contributed by atoms with Gasteiger partial charge in [0.15, 0.2) is 28.6 Å². The van der Waals surface area contributed by atoms with E-state index in [0.29, 0.717) is 61.8 Å². The van der Waals surface area contributed by atoms with Crippen LogP contribution < -0.4 is 14.4 Å². The number of carbonyl (C=O) groups is 1. The van der Waals surface area contributed by atoms with Gasteiger partial charge < -0.3 is 19.3 Å². The largest absolute Gasteiger partial charge is 0.485 e. The molecule has 182 valence electrons. The minimum atomic E-state index is -0.401. The van der Waals surface area contributed by atoms with Crippen molar-refractivity contribution < 1.29 is 18.7 Å². The molecule has 8 nitrogen and oxygen atoms in total. The highest BCUT2D eigenvalue weighted by Crippen LogP contribution is 2.36. The first-order valence-electron chi connectivity index (χ1n) is 11.5. The molecule has 1 amide bonds. The Bertz CT molecular complexity index is 1190. The average molecular weight is 496 g/mol. The summed E-state index contributed by atoms with van der Waals surface area (Å²) in [5.41, 5.74) is 0.967. The van der Waals surface area contributed by atoms with Gasteiger partial charge in [-0.15, -0.1) is 16.8 Å². The van der Waals surface area contributed by atoms with Gasteiger partial charge in [0.05, 0.1) is 5.75 Å². The number of amides is 1. The van der Waals surface area contributed by atoms with Gasteiger partial charge in [-0.1, -0.05) is 30.0 Å². The number of anilines is 1. The second-order valence-corrected chi connectivity index (χ2v) is 9.18. The minimum Gasteiger partial charge on any atom is -0.485 e. The molecule has 1 unspecified atom stereocenters. The smallest absolute Gasteiger partial charge is 0.233 e. The third kappa shape index (κ3) is 5.12. The van der Waals surface area contributed by atoms with Crippen molar-refractivity contribution in [3.63, 3.8) is 0 Å². The first-order valence-corrected chi connectivity index (χ1v) is 12.4. The maximum absolute atomic E-state index is 13.2. The number of thioether (sulfide) groups is 1. The summed E-state index contributed by atoms with van der Waals surface area (Å²) < 4.78 is 27.0. The van der Waals surface area contributed by atoms with Crippen LogP contribution in [0.1, 0.15) is 11.9 Å². The predicted octanol–water partition coefficient (Wildman–Crippen LogP) is 3.56. The van der Waals surface area contributed by atoms with Crippen molar-refractivity contribution in [3.05, 3.63) is 72.8 Å². The zero-order valence-corrected chi connectivity index (χ0v) is 20.0. The topological polar surface area (TPSA) is 72.7 Å². The molecule has 10 heteroatoms. The summed E-state index contributed by atoms with van der Waals surface area (Å²) in [6.07, 6.45) is 1.37. The van der Waals surface area contributed by atoms with Crippen LogP contribution in [0.4, 0.5) is 10.1 Å². The summed E-state index contributed by atoms with van der Waals surface area (Å²) in [7, 11) is 0. The molecule has 0 saturated carbocycles. The number of hydrogen-bond donors (Lipinski definition) is 0. The zero-order valence-electron chi connectivity index (χ0n) is 19.2. The second kappa shape index (κ2) is 10.4. The lowest BCUT2D eigenvalue weighted by Gasteiger charge is -2.36. The fourth-order valence-corrected chi connectivity index (χ4v) is 5.03. The molecule has 5 rings (SSSR count). The van der Waals surface area contributed by atoms with Crippen molar-refractivity contribution >= 4 is 23.4 Å². The monoisotopic (exact) mass is 495 g/mol. The molecule has 3 aromatic rings. The van der Waals surface area contributed by atoms with Gasteiger partial charge in [0.25, 0.3) is 0 Å². The van der Waals surface area contributed by atoms with E-state index in [0.717, 1.165) is 5.69 Å². The average Bonchev–Trinajstić information content (AvgIpc) is 3.30. The van der Waals surface area contributed by atoms with E-state index in [1.807, 2.05) is 33.7 Å². The Morgan fingerprint density at radius 3 is 2.57 bits per heavy atom. The Morgan fingerprint density at radius 1 is 1.09 bits per heavy atom. The van der Waals surface area contributed by atoms with Gasteiger partial charge in [0.1, 0.15) is 12.4 Å². The van der Waals surface area contributed by atoms with Gasteiger partial charge in [-0.05, 0) is 36.4 Å². The fraction of sp³-hybridized carbons (Fsp3) is 0.320. The SMILES string of the molecule is C=CCn1c(SCC(=O)N2CCN(c3ccc(F)cc3)CC2)nnc1C1COc2ccccc2O1. The highest BCUT2D eigenvalue weighted by atomic mass is 32.2. The number of allylic oxidation sites excluding steroid dienone is 1. The lowest BCUT2D eigenvalue weighted by molar-refractivity contribution is -0.128. The molecule has 0 spiro atoms. The number of halogens is 1. The molecule has 2 aromatic carbocycles. The summed E-state index contributed by atoms with van der Waals surface area (Å²) in [5.74, 6) is 2.08. The fourth-order valence-electron chi connectivity index (χ4n) is 4.18. The van der Waals surface area contributed by atoms with E-state index in [1.54, 1.807) is 18.2 Å². The van der Waals surface area contributed by atoms with Crippen LogP contribution in [0.2, 0.25) is 0 Å². The van der Waals surface area contributed by atoms with E-state index < -0.39 is 6.10 Å². The maximum Gasteiger partial charge on any atom is 0.233 e. The number of ether oxygens (including phenoxy) is 2. The van der Waals surface area contributed by atoms with E-state index in [4.69, 9.17) is 9.47 Å². The maximum atomic E-state index is 13.2. The molecular weight excluding hydrogens is 469 g/mol. The van der Waals surface area contributed by atoms with Crippen molar-refractivity contribution in [2.75, 3.05) is 43.4 Å². The van der Waals surface area contributed by atoms with Gasteiger partial charge in [-0.3, -0.25) is 9.36 Å². The molecule has 35 heavy (non-hydrogen) atoms. The van der Waals surface area contributed by atoms with E-state index in [2.05, 4.69) is 21.7 Å². The minimum absolute atomic E-state index is 0.0506. The standard InChI is InChI=1S/C25H26FN5O3S/c1-2-11-31-24(22-16-33-20-5-3-4-6-21(20)34-22)27-28-25(31)35-17-23(32)30-14-12-29(13-15-30)19-9-7-18(26)8-10-19/h2-10,22H,1,11-17H2. The Hall–Kier alpha value is -3.53. The molecule has 1 atom stereocenters. The van der Waals surface area contributed by atoms with Gasteiger partial charge in [0.2, 0.25) is 5.91 Å². The van der Waals surface area contributed by atoms with Gasteiger partial charge in [-0.2, -0.15) is 0 Å². The van der Waals surface area contributed by atoms with Crippen molar-refractivity contribution in [2.45, 2.75) is 17.8 Å². The number of rotatable bonds is 7. The van der Waals surface area contributed by atoms with Crippen LogP contribution in [0.3, 0.4) is 0 Å². The van der Waals surface area contributed by atoms with Crippen LogP contribution in [0.15, 0.2) is 66.3 Å². The lowest BCUT2D eigenvalue weighted by atomic mass is 10.2. The number of fused-ring (bicyclic) bond motifs is 1. The van der Waals surface area contributed by atoms with E-state index in [-0.39, 0.29) is 17.5 Å². The number of nitrogens with zero attached hydrogens (tertiary/aromatic N) is 5. The Morgan fingerprint density at radius 2 is 1.83 bits per heavy atom. The predicted molar refractivity (Wildman–Crippen MR) is 131 cm³/mol. The van der Waals surface area contributed by atoms with Crippen molar-refractivity contribution in [3.8, 4) is 11.5 Å². The number of para-hydroxylation sites is 2. The summed E-state index contributed by atoms with van der Waals surface area (Å²) in [6.45, 7) is 7.32. The first kappa shape index (κ1) is 23.2. The van der Waals surface area contributed by atoms with Crippen LogP contribution in [-0.2, 0) is 11.3 Å². The van der Waals surface area contributed by atoms with Crippen LogP contribution in [0, 0.1) is 5.82 Å². The number of hydrogen-bond acceptors (Lipinski definition) is 7. The molecule has 1 aromatic heterocycles. The van der Waals surface area contributed by atoms with Crippen LogP contribution >= 0.6 is 11.8 Å². The summed E-state index contributed by atoms with van der Waals surface area (Å²) >= 11 is 1.36. The number of carbonyl (C=O) groups excluding carboxylic acids is 1. The van der Waals surface area contributed by atoms with Crippen LogP contribution in [0.25, 0.3) is 0 Å². The molecule has 0 bridgehead atoms. The highest BCUT2D eigenvalue weighted by molar-refractivity contribution is 7.99. The first-order chi connectivity index (χ1) is 17.1. The Balaban J connectivity index is 1.19. The second-order valence-electron chi connectivity index (χ2n) is 8.24. The molecule has 0 N–H and O–H groups in total. The van der Waals surface area contributed by atoms with E-state index in [9.17, 15) is 9.18 Å². The van der Waals surface area contributed by atoms with E-state index in [1.165, 1.54) is 23.9 Å². The third-order valence-corrected chi connectivity index (χ3v) is 6.95. The van der Waals surface area contributed by atoms with Crippen molar-refractivity contribution in [1.29, 1.82) is 0 Å². The zero-order chi connectivity index (χ0) is 24.2. The van der Waals surface area contributed by atoms with E-state index >= 15 is 0 Å². The molecule has 2 aliphatic rings. The lowest BCUT2D eigenvalue weighted by Crippen LogP contribution is -2.49. The normalized spacial score (nSPS) is 17.3. The van der Waals surface area contributed by atoms with Gasteiger partial charge in [0, 0.05) is 38.4 Å². The molecule has 1 saturated heterocycles. The molecule has 2 aliphatic heterocycles. The summed E-state index contributed by atoms with van der Waals surface area (Å²) in [5, 5.41) is 9.32. The number of benzene rings is 2. The Kier molecular flexibility index (Phi) is 6.89. The summed E-state index contributed by atoms with van der Waals surface area (Å²) in [4.78, 5) is 16.9. The van der Waals surface area contributed by atoms with Crippen LogP contribution in [0.5, 0.6) is 11.5 Å². The van der Waals surface area contributed by atoms with Crippen LogP contribution in [-0.4, -0.2) is 64.1 Å². The molecule has 0 radical (unpaired) electrons. The molecule has 0 aliphatic carbocycles. The van der Waals surface area contributed by atoms with Crippen molar-refractivity contribution in [2.24, 2.45) is 0 Å². The third-order valence-electron chi connectivity index (χ3n) is 6.00. The molecule has 3 heterocycles. The number of piperazine rings is 1. The van der Waals surface area contributed by atoms with Gasteiger partial charge in [-0.25, -0.2) is 4.39 Å². The van der Waals surface area contributed by atoms with Gasteiger partial charge >= 0.3 is 0 Å². The number of aromatic nitrogens is 3. The highest BCUT2D eigenvalue weighted by Gasteiger charge is 2.29. The summed E-state index contributed by atoms with van der Waals surface area (Å²) in [6, 6.07) is 14.0.